The van der Waals surface area contributed by atoms with Crippen LogP contribution < -0.4 is 5.73 Å². The van der Waals surface area contributed by atoms with Gasteiger partial charge in [-0.1, -0.05) is 0 Å². The SMILES string of the molecule is CC1CC(CN)(N(C)Cc2ccoc2)CCN1C. The molecule has 2 rings (SSSR count). The largest absolute Gasteiger partial charge is 0.472 e. The Morgan fingerprint density at radius 1 is 1.61 bits per heavy atom. The lowest BCUT2D eigenvalue weighted by Crippen LogP contribution is -2.59. The Morgan fingerprint density at radius 2 is 2.39 bits per heavy atom. The van der Waals surface area contributed by atoms with E-state index >= 15 is 0 Å². The number of hydrogen-bond donors (Lipinski definition) is 1. The summed E-state index contributed by atoms with van der Waals surface area (Å²) < 4.78 is 5.14. The zero-order valence-electron chi connectivity index (χ0n) is 11.7. The van der Waals surface area contributed by atoms with Crippen molar-refractivity contribution in [3.05, 3.63) is 24.2 Å². The summed E-state index contributed by atoms with van der Waals surface area (Å²) in [6.45, 7) is 5.03. The van der Waals surface area contributed by atoms with Gasteiger partial charge in [-0.25, -0.2) is 0 Å². The molecule has 1 aromatic rings. The van der Waals surface area contributed by atoms with Gasteiger partial charge in [0.25, 0.3) is 0 Å². The normalized spacial score (nSPS) is 29.9. The summed E-state index contributed by atoms with van der Waals surface area (Å²) in [7, 11) is 4.37. The van der Waals surface area contributed by atoms with Crippen molar-refractivity contribution in [2.45, 2.75) is 37.9 Å². The van der Waals surface area contributed by atoms with Crippen molar-refractivity contribution in [3.8, 4) is 0 Å². The molecule has 1 fully saturated rings. The second kappa shape index (κ2) is 5.43. The molecule has 2 heterocycles. The molecule has 2 N–H and O–H groups in total. The fraction of sp³-hybridized carbons (Fsp3) is 0.714. The third-order valence-corrected chi connectivity index (χ3v) is 4.55. The Kier molecular flexibility index (Phi) is 4.10. The molecule has 0 bridgehead atoms. The van der Waals surface area contributed by atoms with Crippen LogP contribution in [0.2, 0.25) is 0 Å². The molecule has 4 nitrogen and oxygen atoms in total. The van der Waals surface area contributed by atoms with E-state index in [1.807, 2.05) is 12.3 Å². The van der Waals surface area contributed by atoms with Crippen LogP contribution in [0, 0.1) is 0 Å². The Hall–Kier alpha value is -0.840. The van der Waals surface area contributed by atoms with Crippen LogP contribution in [0.15, 0.2) is 23.0 Å². The lowest BCUT2D eigenvalue weighted by Gasteiger charge is -2.49. The molecule has 0 spiro atoms. The molecular weight excluding hydrogens is 226 g/mol. The van der Waals surface area contributed by atoms with Crippen LogP contribution in [0.1, 0.15) is 25.3 Å². The summed E-state index contributed by atoms with van der Waals surface area (Å²) in [6, 6.07) is 2.62. The average molecular weight is 251 g/mol. The van der Waals surface area contributed by atoms with E-state index in [0.717, 1.165) is 32.5 Å². The van der Waals surface area contributed by atoms with Gasteiger partial charge in [0.15, 0.2) is 0 Å². The van der Waals surface area contributed by atoms with E-state index in [-0.39, 0.29) is 5.54 Å². The predicted molar refractivity (Wildman–Crippen MR) is 73.3 cm³/mol. The van der Waals surface area contributed by atoms with Gasteiger partial charge in [-0.2, -0.15) is 0 Å². The Bertz CT molecular complexity index is 365. The quantitative estimate of drug-likeness (QED) is 0.881. The van der Waals surface area contributed by atoms with Crippen LogP contribution in [0.5, 0.6) is 0 Å². The minimum absolute atomic E-state index is 0.128. The number of likely N-dealkylation sites (N-methyl/N-ethyl adjacent to an activating group) is 1. The smallest absolute Gasteiger partial charge is 0.0947 e. The topological polar surface area (TPSA) is 45.6 Å². The lowest BCUT2D eigenvalue weighted by molar-refractivity contribution is 0.0221. The van der Waals surface area contributed by atoms with Crippen LogP contribution in [-0.4, -0.2) is 48.6 Å². The first kappa shape index (κ1) is 13.6. The van der Waals surface area contributed by atoms with Crippen LogP contribution in [-0.2, 0) is 6.54 Å². The molecular formula is C14H25N3O. The Labute approximate surface area is 110 Å². The van der Waals surface area contributed by atoms with E-state index in [0.29, 0.717) is 6.04 Å². The maximum Gasteiger partial charge on any atom is 0.0947 e. The molecule has 18 heavy (non-hydrogen) atoms. The molecule has 102 valence electrons. The number of hydrogen-bond acceptors (Lipinski definition) is 4. The molecule has 0 aliphatic carbocycles. The van der Waals surface area contributed by atoms with Crippen molar-refractivity contribution in [1.82, 2.24) is 9.80 Å². The van der Waals surface area contributed by atoms with E-state index in [1.54, 1.807) is 6.26 Å². The highest BCUT2D eigenvalue weighted by atomic mass is 16.3. The van der Waals surface area contributed by atoms with Crippen molar-refractivity contribution in [3.63, 3.8) is 0 Å². The molecule has 1 saturated heterocycles. The maximum absolute atomic E-state index is 6.09. The molecule has 4 heteroatoms. The molecule has 0 aromatic carbocycles. The fourth-order valence-corrected chi connectivity index (χ4v) is 2.92. The van der Waals surface area contributed by atoms with Gasteiger partial charge in [-0.15, -0.1) is 0 Å². The van der Waals surface area contributed by atoms with Gasteiger partial charge >= 0.3 is 0 Å². The van der Waals surface area contributed by atoms with Crippen molar-refractivity contribution < 1.29 is 4.42 Å². The summed E-state index contributed by atoms with van der Waals surface area (Å²) in [5, 5.41) is 0. The van der Waals surface area contributed by atoms with E-state index in [1.165, 1.54) is 5.56 Å². The zero-order valence-corrected chi connectivity index (χ0v) is 11.7. The molecule has 1 aliphatic rings. The number of nitrogens with two attached hydrogens (primary N) is 1. The first-order valence-corrected chi connectivity index (χ1v) is 6.70. The van der Waals surface area contributed by atoms with Crippen molar-refractivity contribution in [2.75, 3.05) is 27.2 Å². The molecule has 1 aromatic heterocycles. The van der Waals surface area contributed by atoms with Gasteiger partial charge in [0.05, 0.1) is 12.5 Å². The summed E-state index contributed by atoms with van der Waals surface area (Å²) >= 11 is 0. The maximum atomic E-state index is 6.09. The first-order chi connectivity index (χ1) is 8.57. The summed E-state index contributed by atoms with van der Waals surface area (Å²) in [6.07, 6.45) is 5.82. The summed E-state index contributed by atoms with van der Waals surface area (Å²) in [5.74, 6) is 0. The van der Waals surface area contributed by atoms with Gasteiger partial charge in [-0.05, 0) is 46.5 Å². The highest BCUT2D eigenvalue weighted by Crippen LogP contribution is 2.31. The van der Waals surface area contributed by atoms with E-state index in [9.17, 15) is 0 Å². The number of piperidine rings is 1. The van der Waals surface area contributed by atoms with Crippen molar-refractivity contribution in [2.24, 2.45) is 5.73 Å². The number of furan rings is 1. The second-order valence-corrected chi connectivity index (χ2v) is 5.70. The van der Waals surface area contributed by atoms with Gasteiger partial charge in [0.1, 0.15) is 0 Å². The molecule has 0 amide bonds. The Morgan fingerprint density at radius 3 is 2.94 bits per heavy atom. The van der Waals surface area contributed by atoms with E-state index < -0.39 is 0 Å². The zero-order chi connectivity index (χ0) is 13.2. The average Bonchev–Trinajstić information content (AvgIpc) is 2.85. The third-order valence-electron chi connectivity index (χ3n) is 4.55. The first-order valence-electron chi connectivity index (χ1n) is 6.70. The summed E-state index contributed by atoms with van der Waals surface area (Å²) in [5.41, 5.74) is 7.44. The third kappa shape index (κ3) is 2.60. The molecule has 0 saturated carbocycles. The predicted octanol–water partition coefficient (Wildman–Crippen LogP) is 1.52. The van der Waals surface area contributed by atoms with Crippen molar-refractivity contribution >= 4 is 0 Å². The van der Waals surface area contributed by atoms with E-state index in [2.05, 4.69) is 30.8 Å². The van der Waals surface area contributed by atoms with Crippen LogP contribution in [0.25, 0.3) is 0 Å². The monoisotopic (exact) mass is 251 g/mol. The van der Waals surface area contributed by atoms with Gasteiger partial charge < -0.3 is 15.1 Å². The number of rotatable bonds is 4. The van der Waals surface area contributed by atoms with Crippen LogP contribution in [0.4, 0.5) is 0 Å². The molecule has 2 unspecified atom stereocenters. The van der Waals surface area contributed by atoms with Gasteiger partial charge in [-0.3, -0.25) is 4.90 Å². The highest BCUT2D eigenvalue weighted by Gasteiger charge is 2.39. The van der Waals surface area contributed by atoms with Gasteiger partial charge in [0, 0.05) is 30.2 Å². The summed E-state index contributed by atoms with van der Waals surface area (Å²) in [4.78, 5) is 4.82. The number of likely N-dealkylation sites (tertiary alicyclic amines) is 1. The fourth-order valence-electron chi connectivity index (χ4n) is 2.92. The minimum Gasteiger partial charge on any atom is -0.472 e. The molecule has 2 atom stereocenters. The number of nitrogens with zero attached hydrogens (tertiary/aromatic N) is 2. The van der Waals surface area contributed by atoms with Crippen molar-refractivity contribution in [1.29, 1.82) is 0 Å². The minimum atomic E-state index is 0.128. The Balaban J connectivity index is 2.07. The standard InChI is InChI=1S/C14H25N3O/c1-12-8-14(11-15,5-6-16(12)2)17(3)9-13-4-7-18-10-13/h4,7,10,12H,5-6,8-9,11,15H2,1-3H3. The molecule has 0 radical (unpaired) electrons. The molecule has 1 aliphatic heterocycles. The second-order valence-electron chi connectivity index (χ2n) is 5.70. The van der Waals surface area contributed by atoms with Crippen LogP contribution in [0.3, 0.4) is 0 Å². The highest BCUT2D eigenvalue weighted by molar-refractivity contribution is 5.07. The lowest BCUT2D eigenvalue weighted by atomic mass is 9.82. The van der Waals surface area contributed by atoms with E-state index in [4.69, 9.17) is 10.2 Å². The van der Waals surface area contributed by atoms with Gasteiger partial charge in [0.2, 0.25) is 0 Å². The van der Waals surface area contributed by atoms with Crippen LogP contribution >= 0.6 is 0 Å².